The highest BCUT2D eigenvalue weighted by atomic mass is 35.5. The Hall–Kier alpha value is -1.75. The number of benzene rings is 1. The monoisotopic (exact) mass is 256 g/mol. The molecule has 88 valence electrons. The molecule has 0 amide bonds. The molecule has 0 radical (unpaired) electrons. The quantitative estimate of drug-likeness (QED) is 0.678. The molecule has 1 N–H and O–H groups in total. The van der Waals surface area contributed by atoms with Gasteiger partial charge in [-0.05, 0) is 12.1 Å². The highest BCUT2D eigenvalue weighted by Gasteiger charge is 2.16. The van der Waals surface area contributed by atoms with Crippen molar-refractivity contribution in [3.8, 4) is 0 Å². The SMILES string of the molecule is O=C(Cc1ncc[nH]1)c1cc(F)c(Cl)cc1F. The topological polar surface area (TPSA) is 45.8 Å². The minimum Gasteiger partial charge on any atom is -0.348 e. The normalized spacial score (nSPS) is 10.5. The van der Waals surface area contributed by atoms with Gasteiger partial charge in [-0.3, -0.25) is 4.79 Å². The van der Waals surface area contributed by atoms with E-state index in [2.05, 4.69) is 9.97 Å². The number of aromatic nitrogens is 2. The van der Waals surface area contributed by atoms with Crippen LogP contribution in [0.2, 0.25) is 5.02 Å². The molecule has 1 aromatic carbocycles. The van der Waals surface area contributed by atoms with Gasteiger partial charge in [0.15, 0.2) is 5.78 Å². The molecule has 2 aromatic rings. The number of imidazole rings is 1. The van der Waals surface area contributed by atoms with Crippen LogP contribution in [0.25, 0.3) is 0 Å². The van der Waals surface area contributed by atoms with Crippen molar-refractivity contribution in [3.05, 3.63) is 52.6 Å². The van der Waals surface area contributed by atoms with Crippen LogP contribution in [0, 0.1) is 11.6 Å². The number of nitrogens with one attached hydrogen (secondary N) is 1. The third-order valence-corrected chi connectivity index (χ3v) is 2.48. The van der Waals surface area contributed by atoms with E-state index in [1.165, 1.54) is 6.20 Å². The van der Waals surface area contributed by atoms with Gasteiger partial charge >= 0.3 is 0 Å². The molecule has 0 aliphatic carbocycles. The Kier molecular flexibility index (Phi) is 3.19. The van der Waals surface area contributed by atoms with Gasteiger partial charge in [0.05, 0.1) is 17.0 Å². The van der Waals surface area contributed by atoms with Crippen LogP contribution in [-0.4, -0.2) is 15.8 Å². The second-order valence-electron chi connectivity index (χ2n) is 3.38. The smallest absolute Gasteiger partial charge is 0.173 e. The summed E-state index contributed by atoms with van der Waals surface area (Å²) < 4.78 is 26.5. The van der Waals surface area contributed by atoms with Crippen molar-refractivity contribution >= 4 is 17.4 Å². The maximum absolute atomic E-state index is 13.4. The van der Waals surface area contributed by atoms with E-state index in [0.29, 0.717) is 5.82 Å². The van der Waals surface area contributed by atoms with Crippen molar-refractivity contribution in [2.45, 2.75) is 6.42 Å². The van der Waals surface area contributed by atoms with Gasteiger partial charge in [-0.1, -0.05) is 11.6 Å². The minimum absolute atomic E-state index is 0.120. The van der Waals surface area contributed by atoms with Gasteiger partial charge in [-0.15, -0.1) is 0 Å². The zero-order valence-electron chi connectivity index (χ0n) is 8.51. The highest BCUT2D eigenvalue weighted by Crippen LogP contribution is 2.20. The third kappa shape index (κ3) is 2.50. The van der Waals surface area contributed by atoms with Crippen molar-refractivity contribution in [2.24, 2.45) is 0 Å². The first kappa shape index (κ1) is 11.7. The van der Waals surface area contributed by atoms with E-state index in [1.54, 1.807) is 6.20 Å². The Balaban J connectivity index is 2.28. The minimum atomic E-state index is -0.840. The van der Waals surface area contributed by atoms with Gasteiger partial charge < -0.3 is 4.98 Å². The second kappa shape index (κ2) is 4.63. The Morgan fingerprint density at radius 3 is 2.76 bits per heavy atom. The van der Waals surface area contributed by atoms with Crippen molar-refractivity contribution < 1.29 is 13.6 Å². The first-order valence-corrected chi connectivity index (χ1v) is 5.11. The fourth-order valence-electron chi connectivity index (χ4n) is 1.38. The van der Waals surface area contributed by atoms with Crippen LogP contribution in [-0.2, 0) is 6.42 Å². The van der Waals surface area contributed by atoms with Gasteiger partial charge in [0, 0.05) is 12.4 Å². The molecule has 3 nitrogen and oxygen atoms in total. The number of rotatable bonds is 3. The molecule has 0 fully saturated rings. The van der Waals surface area contributed by atoms with Crippen molar-refractivity contribution in [1.29, 1.82) is 0 Å². The second-order valence-corrected chi connectivity index (χ2v) is 3.79. The molecule has 0 saturated heterocycles. The first-order chi connectivity index (χ1) is 8.08. The number of hydrogen-bond acceptors (Lipinski definition) is 2. The van der Waals surface area contributed by atoms with Crippen LogP contribution in [0.4, 0.5) is 8.78 Å². The van der Waals surface area contributed by atoms with Gasteiger partial charge in [0.25, 0.3) is 0 Å². The zero-order valence-corrected chi connectivity index (χ0v) is 9.26. The molecular weight excluding hydrogens is 250 g/mol. The van der Waals surface area contributed by atoms with E-state index in [-0.39, 0.29) is 17.0 Å². The Bertz CT molecular complexity index is 555. The van der Waals surface area contributed by atoms with Crippen LogP contribution >= 0.6 is 11.6 Å². The summed E-state index contributed by atoms with van der Waals surface area (Å²) in [6.45, 7) is 0. The van der Waals surface area contributed by atoms with Crippen molar-refractivity contribution in [2.75, 3.05) is 0 Å². The summed E-state index contributed by atoms with van der Waals surface area (Å²) in [6, 6.07) is 1.58. The molecule has 1 aromatic heterocycles. The summed E-state index contributed by atoms with van der Waals surface area (Å²) >= 11 is 5.39. The summed E-state index contributed by atoms with van der Waals surface area (Å²) in [7, 11) is 0. The number of Topliss-reactive ketones (excluding diaryl/α,β-unsaturated/α-hetero) is 1. The predicted molar refractivity (Wildman–Crippen MR) is 58.0 cm³/mol. The molecule has 0 unspecified atom stereocenters. The lowest BCUT2D eigenvalue weighted by molar-refractivity contribution is 0.0986. The highest BCUT2D eigenvalue weighted by molar-refractivity contribution is 6.30. The molecule has 6 heteroatoms. The largest absolute Gasteiger partial charge is 0.348 e. The summed E-state index contributed by atoms with van der Waals surface area (Å²) in [6.07, 6.45) is 2.90. The van der Waals surface area contributed by atoms with E-state index < -0.39 is 17.4 Å². The molecule has 17 heavy (non-hydrogen) atoms. The van der Waals surface area contributed by atoms with E-state index in [1.807, 2.05) is 0 Å². The third-order valence-electron chi connectivity index (χ3n) is 2.19. The van der Waals surface area contributed by atoms with Gasteiger partial charge in [0.2, 0.25) is 0 Å². The standard InChI is InChI=1S/C11H7ClF2N2O/c12-7-4-8(13)6(3-9(7)14)10(17)5-11-15-1-2-16-11/h1-4H,5H2,(H,15,16). The summed E-state index contributed by atoms with van der Waals surface area (Å²) in [5.41, 5.74) is -0.330. The molecule has 0 bridgehead atoms. The lowest BCUT2D eigenvalue weighted by Crippen LogP contribution is -2.08. The summed E-state index contributed by atoms with van der Waals surface area (Å²) in [4.78, 5) is 18.2. The Morgan fingerprint density at radius 2 is 2.12 bits per heavy atom. The lowest BCUT2D eigenvalue weighted by atomic mass is 10.1. The number of H-pyrrole nitrogens is 1. The predicted octanol–water partition coefficient (Wildman–Crippen LogP) is 2.77. The van der Waals surface area contributed by atoms with Crippen LogP contribution in [0.1, 0.15) is 16.2 Å². The number of halogens is 3. The lowest BCUT2D eigenvalue weighted by Gasteiger charge is -2.02. The molecule has 0 spiro atoms. The number of aromatic amines is 1. The van der Waals surface area contributed by atoms with Gasteiger partial charge in [0.1, 0.15) is 17.5 Å². The molecule has 0 atom stereocenters. The number of ketones is 1. The summed E-state index contributed by atoms with van der Waals surface area (Å²) in [5.74, 6) is -1.83. The number of carbonyl (C=O) groups is 1. The van der Waals surface area contributed by atoms with E-state index >= 15 is 0 Å². The van der Waals surface area contributed by atoms with Gasteiger partial charge in [-0.2, -0.15) is 0 Å². The Labute approximate surface area is 100 Å². The van der Waals surface area contributed by atoms with E-state index in [4.69, 9.17) is 11.6 Å². The van der Waals surface area contributed by atoms with Crippen LogP contribution < -0.4 is 0 Å². The number of nitrogens with zero attached hydrogens (tertiary/aromatic N) is 1. The maximum Gasteiger partial charge on any atom is 0.173 e. The maximum atomic E-state index is 13.4. The molecule has 0 aliphatic rings. The van der Waals surface area contributed by atoms with E-state index in [0.717, 1.165) is 12.1 Å². The number of carbonyl (C=O) groups excluding carboxylic acids is 1. The van der Waals surface area contributed by atoms with Crippen molar-refractivity contribution in [1.82, 2.24) is 9.97 Å². The Morgan fingerprint density at radius 1 is 1.35 bits per heavy atom. The molecule has 2 rings (SSSR count). The van der Waals surface area contributed by atoms with Gasteiger partial charge in [-0.25, -0.2) is 13.8 Å². The average molecular weight is 257 g/mol. The fraction of sp³-hybridized carbons (Fsp3) is 0.0909. The molecule has 0 saturated carbocycles. The summed E-state index contributed by atoms with van der Waals surface area (Å²) in [5, 5.41) is -0.350. The average Bonchev–Trinajstić information content (AvgIpc) is 2.76. The van der Waals surface area contributed by atoms with Crippen LogP contribution in [0.5, 0.6) is 0 Å². The number of hydrogen-bond donors (Lipinski definition) is 1. The van der Waals surface area contributed by atoms with Crippen molar-refractivity contribution in [3.63, 3.8) is 0 Å². The zero-order chi connectivity index (χ0) is 12.4. The molecular formula is C11H7ClF2N2O. The molecule has 0 aliphatic heterocycles. The fourth-order valence-corrected chi connectivity index (χ4v) is 1.53. The van der Waals surface area contributed by atoms with Crippen LogP contribution in [0.15, 0.2) is 24.5 Å². The first-order valence-electron chi connectivity index (χ1n) is 4.74. The van der Waals surface area contributed by atoms with Crippen LogP contribution in [0.3, 0.4) is 0 Å². The van der Waals surface area contributed by atoms with E-state index in [9.17, 15) is 13.6 Å². The molecule has 1 heterocycles.